The first-order valence-corrected chi connectivity index (χ1v) is 6.28. The van der Waals surface area contributed by atoms with E-state index in [0.717, 1.165) is 19.2 Å². The normalized spacial score (nSPS) is 11.6. The van der Waals surface area contributed by atoms with Crippen molar-refractivity contribution in [2.75, 3.05) is 7.11 Å². The van der Waals surface area contributed by atoms with Crippen LogP contribution in [0.25, 0.3) is 0 Å². The fourth-order valence-electron chi connectivity index (χ4n) is 1.53. The van der Waals surface area contributed by atoms with Crippen LogP contribution in [0.3, 0.4) is 0 Å². The van der Waals surface area contributed by atoms with Crippen LogP contribution in [0.5, 0.6) is 0 Å². The number of hydrogen-bond donors (Lipinski definition) is 2. The number of halogens is 2. The Morgan fingerprint density at radius 1 is 1.43 bits per heavy atom. The van der Waals surface area contributed by atoms with Crippen molar-refractivity contribution in [1.82, 2.24) is 5.32 Å². The molecule has 1 atom stereocenters. The minimum atomic E-state index is -1.34. The fourth-order valence-corrected chi connectivity index (χ4v) is 1.70. The molecular weight excluding hydrogens is 305 g/mol. The van der Waals surface area contributed by atoms with Crippen molar-refractivity contribution < 1.29 is 28.6 Å². The number of nitrogens with one attached hydrogen (secondary N) is 1. The van der Waals surface area contributed by atoms with Gasteiger partial charge in [0.15, 0.2) is 0 Å². The number of carboxylic acids is 1. The van der Waals surface area contributed by atoms with Crippen molar-refractivity contribution in [1.29, 1.82) is 0 Å². The van der Waals surface area contributed by atoms with Gasteiger partial charge in [-0.3, -0.25) is 9.59 Å². The van der Waals surface area contributed by atoms with Crippen LogP contribution in [-0.2, 0) is 14.3 Å². The van der Waals surface area contributed by atoms with Crippen molar-refractivity contribution in [2.45, 2.75) is 18.9 Å². The summed E-state index contributed by atoms with van der Waals surface area (Å²) in [6.07, 6.45) is -0.359. The molecule has 0 saturated carbocycles. The lowest BCUT2D eigenvalue weighted by Gasteiger charge is -2.14. The first-order valence-electron chi connectivity index (χ1n) is 5.90. The molecule has 1 aromatic carbocycles. The third kappa shape index (κ3) is 5.03. The minimum Gasteiger partial charge on any atom is -0.480 e. The highest BCUT2D eigenvalue weighted by atomic mass is 35.5. The summed E-state index contributed by atoms with van der Waals surface area (Å²) in [5, 5.41) is 11.3. The molecule has 0 aliphatic carbocycles. The molecule has 21 heavy (non-hydrogen) atoms. The number of amides is 1. The van der Waals surface area contributed by atoms with E-state index in [2.05, 4.69) is 10.1 Å². The van der Waals surface area contributed by atoms with E-state index in [0.29, 0.717) is 0 Å². The Labute approximate surface area is 124 Å². The van der Waals surface area contributed by atoms with Crippen molar-refractivity contribution in [3.05, 3.63) is 34.6 Å². The monoisotopic (exact) mass is 317 g/mol. The molecule has 0 saturated heterocycles. The molecule has 0 aliphatic rings. The number of methoxy groups -OCH3 is 1. The van der Waals surface area contributed by atoms with Crippen LogP contribution in [0.4, 0.5) is 4.39 Å². The molecule has 0 spiro atoms. The molecule has 2 N–H and O–H groups in total. The van der Waals surface area contributed by atoms with Crippen LogP contribution < -0.4 is 5.32 Å². The summed E-state index contributed by atoms with van der Waals surface area (Å²) in [5.74, 6) is -3.69. The van der Waals surface area contributed by atoms with Crippen LogP contribution in [0.1, 0.15) is 23.2 Å². The van der Waals surface area contributed by atoms with Gasteiger partial charge in [-0.2, -0.15) is 0 Å². The average Bonchev–Trinajstić information content (AvgIpc) is 2.44. The van der Waals surface area contributed by atoms with E-state index >= 15 is 0 Å². The van der Waals surface area contributed by atoms with Crippen molar-refractivity contribution in [2.24, 2.45) is 0 Å². The number of benzene rings is 1. The summed E-state index contributed by atoms with van der Waals surface area (Å²) in [6.45, 7) is 0. The number of aliphatic carboxylic acids is 1. The number of ether oxygens (including phenoxy) is 1. The largest absolute Gasteiger partial charge is 0.480 e. The van der Waals surface area contributed by atoms with Gasteiger partial charge >= 0.3 is 11.9 Å². The predicted octanol–water partition coefficient (Wildman–Crippen LogP) is 1.62. The molecule has 0 radical (unpaired) electrons. The molecule has 0 heterocycles. The Bertz CT molecular complexity index is 563. The average molecular weight is 318 g/mol. The Kier molecular flexibility index (Phi) is 6.10. The number of carbonyl (C=O) groups is 3. The molecule has 6 nitrogen and oxygen atoms in total. The van der Waals surface area contributed by atoms with E-state index in [4.69, 9.17) is 16.7 Å². The number of hydrogen-bond acceptors (Lipinski definition) is 4. The summed E-state index contributed by atoms with van der Waals surface area (Å²) in [4.78, 5) is 33.9. The zero-order valence-electron chi connectivity index (χ0n) is 11.1. The number of carboxylic acid groups (broad SMARTS) is 1. The maximum absolute atomic E-state index is 13.5. The van der Waals surface area contributed by atoms with Crippen molar-refractivity contribution >= 4 is 29.4 Å². The first-order chi connectivity index (χ1) is 9.85. The second kappa shape index (κ2) is 7.58. The van der Waals surface area contributed by atoms with Gasteiger partial charge in [-0.25, -0.2) is 9.18 Å². The summed E-state index contributed by atoms with van der Waals surface area (Å²) >= 11 is 5.66. The predicted molar refractivity (Wildman–Crippen MR) is 71.6 cm³/mol. The fraction of sp³-hybridized carbons (Fsp3) is 0.308. The van der Waals surface area contributed by atoms with E-state index in [1.165, 1.54) is 6.07 Å². The quantitative estimate of drug-likeness (QED) is 0.778. The van der Waals surface area contributed by atoms with Crippen molar-refractivity contribution in [3.63, 3.8) is 0 Å². The molecule has 0 aliphatic heterocycles. The summed E-state index contributed by atoms with van der Waals surface area (Å²) < 4.78 is 17.9. The highest BCUT2D eigenvalue weighted by Crippen LogP contribution is 2.15. The van der Waals surface area contributed by atoms with Crippen LogP contribution in [-0.4, -0.2) is 36.1 Å². The molecule has 1 rings (SSSR count). The minimum absolute atomic E-state index is 0.142. The SMILES string of the molecule is COC(=O)CC[C@@H](NC(=O)c1cc(Cl)ccc1F)C(=O)O. The molecule has 0 bridgehead atoms. The van der Waals surface area contributed by atoms with E-state index in [9.17, 15) is 18.8 Å². The van der Waals surface area contributed by atoms with Crippen LogP contribution >= 0.6 is 11.6 Å². The number of rotatable bonds is 6. The Morgan fingerprint density at radius 3 is 2.67 bits per heavy atom. The third-order valence-corrected chi connectivity index (χ3v) is 2.88. The second-order valence-electron chi connectivity index (χ2n) is 4.10. The van der Waals surface area contributed by atoms with Crippen LogP contribution in [0, 0.1) is 5.82 Å². The molecular formula is C13H13ClFNO5. The van der Waals surface area contributed by atoms with Crippen molar-refractivity contribution in [3.8, 4) is 0 Å². The highest BCUT2D eigenvalue weighted by molar-refractivity contribution is 6.31. The molecule has 0 fully saturated rings. The summed E-state index contributed by atoms with van der Waals surface area (Å²) in [5.41, 5.74) is -0.369. The standard InChI is InChI=1S/C13H13ClFNO5/c1-21-11(17)5-4-10(13(19)20)16-12(18)8-6-7(14)2-3-9(8)15/h2-3,6,10H,4-5H2,1H3,(H,16,18)(H,19,20)/t10-/m1/s1. The smallest absolute Gasteiger partial charge is 0.326 e. The number of carbonyl (C=O) groups excluding carboxylic acids is 2. The van der Waals surface area contributed by atoms with Gasteiger partial charge in [-0.05, 0) is 24.6 Å². The van der Waals surface area contributed by atoms with Gasteiger partial charge in [-0.1, -0.05) is 11.6 Å². The lowest BCUT2D eigenvalue weighted by Crippen LogP contribution is -2.41. The topological polar surface area (TPSA) is 92.7 Å². The first kappa shape index (κ1) is 16.9. The zero-order chi connectivity index (χ0) is 16.0. The zero-order valence-corrected chi connectivity index (χ0v) is 11.8. The Hall–Kier alpha value is -2.15. The molecule has 114 valence electrons. The van der Waals surface area contributed by atoms with Gasteiger partial charge in [-0.15, -0.1) is 0 Å². The summed E-state index contributed by atoms with van der Waals surface area (Å²) in [7, 11) is 1.16. The van der Waals surface area contributed by atoms with E-state index in [1.807, 2.05) is 0 Å². The lowest BCUT2D eigenvalue weighted by molar-refractivity contribution is -0.142. The van der Waals surface area contributed by atoms with E-state index < -0.39 is 29.7 Å². The third-order valence-electron chi connectivity index (χ3n) is 2.64. The van der Waals surface area contributed by atoms with Crippen LogP contribution in [0.2, 0.25) is 5.02 Å². The van der Waals surface area contributed by atoms with Gasteiger partial charge < -0.3 is 15.2 Å². The van der Waals surface area contributed by atoms with E-state index in [1.54, 1.807) is 0 Å². The maximum atomic E-state index is 13.5. The summed E-state index contributed by atoms with van der Waals surface area (Å²) in [6, 6.07) is 2.02. The van der Waals surface area contributed by atoms with Gasteiger partial charge in [0.1, 0.15) is 11.9 Å². The van der Waals surface area contributed by atoms with Gasteiger partial charge in [0, 0.05) is 11.4 Å². The molecule has 8 heteroatoms. The lowest BCUT2D eigenvalue weighted by atomic mass is 10.1. The van der Waals surface area contributed by atoms with Gasteiger partial charge in [0.2, 0.25) is 0 Å². The molecule has 0 aromatic heterocycles. The molecule has 1 amide bonds. The number of esters is 1. The highest BCUT2D eigenvalue weighted by Gasteiger charge is 2.23. The van der Waals surface area contributed by atoms with Gasteiger partial charge in [0.05, 0.1) is 12.7 Å². The van der Waals surface area contributed by atoms with Gasteiger partial charge in [0.25, 0.3) is 5.91 Å². The van der Waals surface area contributed by atoms with Crippen LogP contribution in [0.15, 0.2) is 18.2 Å². The second-order valence-corrected chi connectivity index (χ2v) is 4.54. The molecule has 1 aromatic rings. The Morgan fingerprint density at radius 2 is 2.10 bits per heavy atom. The molecule has 0 unspecified atom stereocenters. The maximum Gasteiger partial charge on any atom is 0.326 e. The van der Waals surface area contributed by atoms with E-state index in [-0.39, 0.29) is 23.4 Å². The Balaban J connectivity index is 2.79.